The molecule has 0 spiro atoms. The molecule has 0 atom stereocenters. The lowest BCUT2D eigenvalue weighted by Gasteiger charge is -2.10. The highest BCUT2D eigenvalue weighted by Crippen LogP contribution is 2.44. The quantitative estimate of drug-likeness (QED) is 0.167. The van der Waals surface area contributed by atoms with Crippen molar-refractivity contribution in [2.24, 2.45) is 0 Å². The predicted octanol–water partition coefficient (Wildman–Crippen LogP) is 15.1. The third kappa shape index (κ3) is 5.62. The largest absolute Gasteiger partial charge is 0.456 e. The second kappa shape index (κ2) is 14.0. The molecule has 6 nitrogen and oxygen atoms in total. The monoisotopic (exact) mass is 806 g/mol. The summed E-state index contributed by atoms with van der Waals surface area (Å²) in [7, 11) is 0. The molecular formula is C57H34N4O2. The third-order valence-electron chi connectivity index (χ3n) is 12.3. The van der Waals surface area contributed by atoms with Crippen molar-refractivity contribution in [3.8, 4) is 62.1 Å². The van der Waals surface area contributed by atoms with E-state index >= 15 is 0 Å². The summed E-state index contributed by atoms with van der Waals surface area (Å²) in [5, 5.41) is 6.47. The number of benzene rings is 9. The van der Waals surface area contributed by atoms with Gasteiger partial charge in [-0.2, -0.15) is 0 Å². The van der Waals surface area contributed by atoms with Crippen molar-refractivity contribution < 1.29 is 8.83 Å². The highest BCUT2D eigenvalue weighted by Gasteiger charge is 2.22. The summed E-state index contributed by atoms with van der Waals surface area (Å²) >= 11 is 0. The van der Waals surface area contributed by atoms with Gasteiger partial charge in [0.25, 0.3) is 0 Å². The van der Waals surface area contributed by atoms with Gasteiger partial charge < -0.3 is 13.4 Å². The van der Waals surface area contributed by atoms with E-state index in [2.05, 4.69) is 162 Å². The van der Waals surface area contributed by atoms with Crippen molar-refractivity contribution in [2.45, 2.75) is 0 Å². The first kappa shape index (κ1) is 35.2. The summed E-state index contributed by atoms with van der Waals surface area (Å²) < 4.78 is 15.8. The highest BCUT2D eigenvalue weighted by molar-refractivity contribution is 6.18. The minimum Gasteiger partial charge on any atom is -0.456 e. The molecule has 63 heavy (non-hydrogen) atoms. The number of para-hydroxylation sites is 3. The van der Waals surface area contributed by atoms with E-state index in [0.29, 0.717) is 17.5 Å². The van der Waals surface area contributed by atoms with E-state index in [4.69, 9.17) is 23.8 Å². The van der Waals surface area contributed by atoms with Gasteiger partial charge >= 0.3 is 0 Å². The van der Waals surface area contributed by atoms with E-state index in [-0.39, 0.29) is 0 Å². The van der Waals surface area contributed by atoms with Crippen LogP contribution in [0.5, 0.6) is 0 Å². The maximum atomic E-state index is 6.85. The van der Waals surface area contributed by atoms with Crippen LogP contribution in [0.2, 0.25) is 0 Å². The van der Waals surface area contributed by atoms with Crippen molar-refractivity contribution in [3.63, 3.8) is 0 Å². The van der Waals surface area contributed by atoms with Crippen LogP contribution in [0.15, 0.2) is 215 Å². The number of aromatic nitrogens is 4. The van der Waals surface area contributed by atoms with Gasteiger partial charge in [-0.25, -0.2) is 15.0 Å². The molecular weight excluding hydrogens is 773 g/mol. The van der Waals surface area contributed by atoms with Crippen LogP contribution in [0.1, 0.15) is 0 Å². The summed E-state index contributed by atoms with van der Waals surface area (Å²) in [6.45, 7) is 0. The third-order valence-corrected chi connectivity index (χ3v) is 12.3. The van der Waals surface area contributed by atoms with Crippen LogP contribution in [-0.4, -0.2) is 19.5 Å². The molecule has 0 amide bonds. The summed E-state index contributed by atoms with van der Waals surface area (Å²) in [6.07, 6.45) is 0. The first-order valence-electron chi connectivity index (χ1n) is 21.1. The van der Waals surface area contributed by atoms with Gasteiger partial charge in [0.05, 0.1) is 16.7 Å². The molecule has 294 valence electrons. The molecule has 13 rings (SSSR count). The van der Waals surface area contributed by atoms with Gasteiger partial charge in [0, 0.05) is 49.0 Å². The van der Waals surface area contributed by atoms with E-state index in [1.165, 1.54) is 10.8 Å². The van der Waals surface area contributed by atoms with Gasteiger partial charge in [0.2, 0.25) is 0 Å². The first-order chi connectivity index (χ1) is 31.2. The number of fused-ring (bicyclic) bond motifs is 9. The van der Waals surface area contributed by atoms with E-state index in [1.807, 2.05) is 48.5 Å². The number of furan rings is 2. The maximum Gasteiger partial charge on any atom is 0.164 e. The summed E-state index contributed by atoms with van der Waals surface area (Å²) in [4.78, 5) is 15.4. The van der Waals surface area contributed by atoms with Crippen molar-refractivity contribution in [1.29, 1.82) is 0 Å². The number of nitrogens with zero attached hydrogens (tertiary/aromatic N) is 4. The fourth-order valence-electron chi connectivity index (χ4n) is 9.42. The molecule has 4 aromatic heterocycles. The molecule has 0 fully saturated rings. The van der Waals surface area contributed by atoms with Crippen LogP contribution in [0.25, 0.3) is 128 Å². The lowest BCUT2D eigenvalue weighted by Crippen LogP contribution is -2.00. The lowest BCUT2D eigenvalue weighted by molar-refractivity contribution is 0.666. The van der Waals surface area contributed by atoms with Crippen LogP contribution in [0.4, 0.5) is 0 Å². The second-order valence-electron chi connectivity index (χ2n) is 15.9. The Labute approximate surface area is 361 Å². The maximum absolute atomic E-state index is 6.85. The molecule has 0 saturated heterocycles. The van der Waals surface area contributed by atoms with Crippen LogP contribution in [-0.2, 0) is 0 Å². The Kier molecular flexibility index (Phi) is 7.80. The number of hydrogen-bond donors (Lipinski definition) is 0. The SMILES string of the molecule is c1ccc(-c2cccc(-c3nc(-c4ccccc4)nc(-c4cccc5oc6ccc(-c7cccc8oc9c(-n%10c%11ccccc%11c%11ccccc%11%10)cccc9c78)cc6c45)n3)c2)cc1. The molecule has 0 aliphatic rings. The van der Waals surface area contributed by atoms with Gasteiger partial charge in [-0.3, -0.25) is 0 Å². The Morgan fingerprint density at radius 2 is 0.873 bits per heavy atom. The van der Waals surface area contributed by atoms with Crippen molar-refractivity contribution in [3.05, 3.63) is 206 Å². The number of hydrogen-bond acceptors (Lipinski definition) is 5. The molecule has 0 aliphatic heterocycles. The zero-order chi connectivity index (χ0) is 41.4. The Morgan fingerprint density at radius 3 is 1.63 bits per heavy atom. The van der Waals surface area contributed by atoms with Crippen LogP contribution >= 0.6 is 0 Å². The van der Waals surface area contributed by atoms with Gasteiger partial charge in [0.15, 0.2) is 23.1 Å². The Balaban J connectivity index is 0.993. The van der Waals surface area contributed by atoms with Gasteiger partial charge in [-0.15, -0.1) is 0 Å². The second-order valence-corrected chi connectivity index (χ2v) is 15.9. The molecule has 0 saturated carbocycles. The summed E-state index contributed by atoms with van der Waals surface area (Å²) in [6, 6.07) is 71.4. The molecule has 0 radical (unpaired) electrons. The normalized spacial score (nSPS) is 11.8. The standard InChI is InChI=1S/C57H34N4O2/c1-3-15-35(16-4-1)37-19-11-20-39(33-37)56-58-55(36-17-5-2-6-18-36)59-57(60-56)44-25-14-29-50-53(44)45-34-38(31-32-49(45)62-50)40-23-13-30-51-52(40)43-24-12-28-48(54(43)63-51)61-46-26-9-7-21-41(46)42-22-8-10-27-47(42)61/h1-34H. The molecule has 6 heteroatoms. The molecule has 0 bridgehead atoms. The fourth-order valence-corrected chi connectivity index (χ4v) is 9.42. The molecule has 0 aliphatic carbocycles. The Hall–Kier alpha value is -8.61. The predicted molar refractivity (Wildman–Crippen MR) is 256 cm³/mol. The summed E-state index contributed by atoms with van der Waals surface area (Å²) in [5.74, 6) is 1.77. The topological polar surface area (TPSA) is 69.9 Å². The average Bonchev–Trinajstić information content (AvgIpc) is 4.04. The zero-order valence-corrected chi connectivity index (χ0v) is 33.7. The zero-order valence-electron chi connectivity index (χ0n) is 33.7. The van der Waals surface area contributed by atoms with Gasteiger partial charge in [-0.05, 0) is 70.8 Å². The minimum atomic E-state index is 0.572. The summed E-state index contributed by atoms with van der Waals surface area (Å²) in [5.41, 5.74) is 13.5. The Morgan fingerprint density at radius 1 is 0.317 bits per heavy atom. The molecule has 0 N–H and O–H groups in total. The van der Waals surface area contributed by atoms with Crippen molar-refractivity contribution in [2.75, 3.05) is 0 Å². The average molecular weight is 807 g/mol. The van der Waals surface area contributed by atoms with E-state index in [9.17, 15) is 0 Å². The molecule has 13 aromatic rings. The van der Waals surface area contributed by atoms with Crippen LogP contribution in [0, 0.1) is 0 Å². The first-order valence-corrected chi connectivity index (χ1v) is 21.1. The highest BCUT2D eigenvalue weighted by atomic mass is 16.3. The van der Waals surface area contributed by atoms with Crippen LogP contribution in [0.3, 0.4) is 0 Å². The molecule has 4 heterocycles. The number of rotatable bonds is 6. The minimum absolute atomic E-state index is 0.572. The van der Waals surface area contributed by atoms with Crippen molar-refractivity contribution >= 4 is 65.7 Å². The van der Waals surface area contributed by atoms with Crippen LogP contribution < -0.4 is 0 Å². The molecule has 9 aromatic carbocycles. The Bertz CT molecular complexity index is 3870. The smallest absolute Gasteiger partial charge is 0.164 e. The van der Waals surface area contributed by atoms with E-state index in [1.54, 1.807) is 0 Å². The van der Waals surface area contributed by atoms with Crippen molar-refractivity contribution in [1.82, 2.24) is 19.5 Å². The van der Waals surface area contributed by atoms with Gasteiger partial charge in [-0.1, -0.05) is 158 Å². The van der Waals surface area contributed by atoms with E-state index < -0.39 is 0 Å². The fraction of sp³-hybridized carbons (Fsp3) is 0. The van der Waals surface area contributed by atoms with Gasteiger partial charge in [0.1, 0.15) is 16.7 Å². The van der Waals surface area contributed by atoms with E-state index in [0.717, 1.165) is 99.5 Å². The lowest BCUT2D eigenvalue weighted by atomic mass is 9.97. The molecule has 0 unspecified atom stereocenters.